The van der Waals surface area contributed by atoms with Crippen molar-refractivity contribution >= 4 is 5.82 Å². The van der Waals surface area contributed by atoms with Crippen LogP contribution in [0.1, 0.15) is 11.1 Å². The Bertz CT molecular complexity index is 565. The molecule has 0 fully saturated rings. The number of nitrogens with two attached hydrogens (primary N) is 1. The minimum absolute atomic E-state index is 0.0808. The number of rotatable bonds is 1. The van der Waals surface area contributed by atoms with Crippen LogP contribution in [-0.2, 0) is 13.2 Å². The van der Waals surface area contributed by atoms with Crippen molar-refractivity contribution in [2.75, 3.05) is 5.73 Å². The predicted molar refractivity (Wildman–Crippen MR) is 62.8 cm³/mol. The van der Waals surface area contributed by atoms with Crippen molar-refractivity contribution in [3.8, 4) is 11.3 Å². The second-order valence-corrected chi connectivity index (χ2v) is 4.07. The summed E-state index contributed by atoms with van der Waals surface area (Å²) >= 11 is 0. The van der Waals surface area contributed by atoms with Gasteiger partial charge in [0.15, 0.2) is 0 Å². The average molecular weight is 255 g/mol. The fourth-order valence-corrected chi connectivity index (χ4v) is 1.85. The normalized spacial score (nSPS) is 11.8. The van der Waals surface area contributed by atoms with E-state index in [4.69, 9.17) is 5.73 Å². The minimum Gasteiger partial charge on any atom is -0.384 e. The highest BCUT2D eigenvalue weighted by Crippen LogP contribution is 2.38. The van der Waals surface area contributed by atoms with Gasteiger partial charge in [-0.3, -0.25) is 4.68 Å². The van der Waals surface area contributed by atoms with E-state index in [1.807, 2.05) is 0 Å². The molecule has 1 heterocycles. The van der Waals surface area contributed by atoms with Gasteiger partial charge >= 0.3 is 6.18 Å². The van der Waals surface area contributed by atoms with Crippen LogP contribution in [0.5, 0.6) is 0 Å². The number of nitrogen functional groups attached to an aromatic ring is 1. The Hall–Kier alpha value is -1.98. The zero-order chi connectivity index (χ0) is 13.5. The van der Waals surface area contributed by atoms with Gasteiger partial charge in [0.05, 0.1) is 11.3 Å². The smallest absolute Gasteiger partial charge is 0.384 e. The number of hydrogen-bond acceptors (Lipinski definition) is 2. The second-order valence-electron chi connectivity index (χ2n) is 4.07. The Balaban J connectivity index is 2.70. The summed E-state index contributed by atoms with van der Waals surface area (Å²) in [6.45, 7) is 1.62. The lowest BCUT2D eigenvalue weighted by Gasteiger charge is -2.13. The molecule has 18 heavy (non-hydrogen) atoms. The Labute approximate surface area is 102 Å². The van der Waals surface area contributed by atoms with E-state index in [0.717, 1.165) is 6.07 Å². The molecule has 0 saturated carbocycles. The van der Waals surface area contributed by atoms with E-state index >= 15 is 0 Å². The first-order chi connectivity index (χ1) is 8.30. The quantitative estimate of drug-likeness (QED) is 0.851. The van der Waals surface area contributed by atoms with Gasteiger partial charge in [-0.05, 0) is 18.6 Å². The van der Waals surface area contributed by atoms with Crippen LogP contribution >= 0.6 is 0 Å². The number of halogens is 3. The van der Waals surface area contributed by atoms with E-state index in [9.17, 15) is 13.2 Å². The van der Waals surface area contributed by atoms with Gasteiger partial charge in [-0.25, -0.2) is 0 Å². The highest BCUT2D eigenvalue weighted by molar-refractivity contribution is 5.70. The third kappa shape index (κ3) is 2.05. The zero-order valence-corrected chi connectivity index (χ0v) is 9.92. The van der Waals surface area contributed by atoms with Crippen molar-refractivity contribution in [3.05, 3.63) is 35.4 Å². The summed E-state index contributed by atoms with van der Waals surface area (Å²) in [6, 6.07) is 5.49. The van der Waals surface area contributed by atoms with E-state index in [2.05, 4.69) is 5.10 Å². The number of hydrogen-bond donors (Lipinski definition) is 1. The van der Waals surface area contributed by atoms with Gasteiger partial charge in [0.1, 0.15) is 5.82 Å². The number of aromatic nitrogens is 2. The monoisotopic (exact) mass is 255 g/mol. The lowest BCUT2D eigenvalue weighted by atomic mass is 9.99. The summed E-state index contributed by atoms with van der Waals surface area (Å²) in [4.78, 5) is 0. The van der Waals surface area contributed by atoms with Gasteiger partial charge in [0, 0.05) is 18.7 Å². The number of nitrogens with zero attached hydrogens (tertiary/aromatic N) is 2. The SMILES string of the molecule is Cc1cccc(C(F)(F)F)c1-c1cc(N)n(C)n1. The molecule has 1 aromatic carbocycles. The molecule has 3 nitrogen and oxygen atoms in total. The highest BCUT2D eigenvalue weighted by atomic mass is 19.4. The summed E-state index contributed by atoms with van der Waals surface area (Å²) in [6.07, 6.45) is -4.41. The molecular weight excluding hydrogens is 243 g/mol. The van der Waals surface area contributed by atoms with E-state index in [-0.39, 0.29) is 11.3 Å². The number of aryl methyl sites for hydroxylation is 2. The summed E-state index contributed by atoms with van der Waals surface area (Å²) in [5, 5.41) is 4.01. The predicted octanol–water partition coefficient (Wildman–Crippen LogP) is 3.00. The Morgan fingerprint density at radius 1 is 1.28 bits per heavy atom. The van der Waals surface area contributed by atoms with Crippen LogP contribution in [-0.4, -0.2) is 9.78 Å². The molecule has 6 heteroatoms. The van der Waals surface area contributed by atoms with Gasteiger partial charge in [-0.2, -0.15) is 18.3 Å². The van der Waals surface area contributed by atoms with Gasteiger partial charge < -0.3 is 5.73 Å². The molecule has 1 aromatic heterocycles. The molecule has 0 spiro atoms. The average Bonchev–Trinajstić information content (AvgIpc) is 2.57. The third-order valence-corrected chi connectivity index (χ3v) is 2.75. The maximum absolute atomic E-state index is 13.0. The molecule has 2 rings (SSSR count). The van der Waals surface area contributed by atoms with Crippen LogP contribution in [0.4, 0.5) is 19.0 Å². The van der Waals surface area contributed by atoms with E-state index in [0.29, 0.717) is 11.4 Å². The van der Waals surface area contributed by atoms with Crippen LogP contribution in [0, 0.1) is 6.92 Å². The van der Waals surface area contributed by atoms with Gasteiger partial charge in [0.25, 0.3) is 0 Å². The van der Waals surface area contributed by atoms with Crippen molar-refractivity contribution in [2.45, 2.75) is 13.1 Å². The number of alkyl halides is 3. The molecule has 0 bridgehead atoms. The summed E-state index contributed by atoms with van der Waals surface area (Å²) in [7, 11) is 1.59. The molecule has 0 radical (unpaired) electrons. The third-order valence-electron chi connectivity index (χ3n) is 2.75. The lowest BCUT2D eigenvalue weighted by molar-refractivity contribution is -0.137. The van der Waals surface area contributed by atoms with Gasteiger partial charge in [-0.15, -0.1) is 0 Å². The van der Waals surface area contributed by atoms with Crippen LogP contribution in [0.3, 0.4) is 0 Å². The van der Waals surface area contributed by atoms with Crippen molar-refractivity contribution in [2.24, 2.45) is 7.05 Å². The summed E-state index contributed by atoms with van der Waals surface area (Å²) < 4.78 is 40.2. The molecule has 0 atom stereocenters. The molecule has 2 aromatic rings. The first-order valence-electron chi connectivity index (χ1n) is 5.27. The van der Waals surface area contributed by atoms with Crippen molar-refractivity contribution in [1.82, 2.24) is 9.78 Å². The second kappa shape index (κ2) is 4.04. The van der Waals surface area contributed by atoms with E-state index in [1.165, 1.54) is 16.8 Å². The largest absolute Gasteiger partial charge is 0.417 e. The van der Waals surface area contributed by atoms with E-state index < -0.39 is 11.7 Å². The molecule has 0 amide bonds. The topological polar surface area (TPSA) is 43.8 Å². The molecular formula is C12H12F3N3. The number of anilines is 1. The zero-order valence-electron chi connectivity index (χ0n) is 9.92. The number of benzene rings is 1. The Morgan fingerprint density at radius 3 is 2.44 bits per heavy atom. The van der Waals surface area contributed by atoms with Gasteiger partial charge in [-0.1, -0.05) is 12.1 Å². The molecule has 0 saturated heterocycles. The Morgan fingerprint density at radius 2 is 1.94 bits per heavy atom. The van der Waals surface area contributed by atoms with Crippen LogP contribution in [0.2, 0.25) is 0 Å². The molecule has 2 N–H and O–H groups in total. The Kier molecular flexibility index (Phi) is 2.80. The first kappa shape index (κ1) is 12.5. The maximum Gasteiger partial charge on any atom is 0.417 e. The lowest BCUT2D eigenvalue weighted by Crippen LogP contribution is -2.08. The molecule has 0 aliphatic rings. The molecule has 0 aliphatic heterocycles. The van der Waals surface area contributed by atoms with Crippen LogP contribution < -0.4 is 5.73 Å². The van der Waals surface area contributed by atoms with Gasteiger partial charge in [0.2, 0.25) is 0 Å². The standard InChI is InChI=1S/C12H12F3N3/c1-7-4-3-5-8(12(13,14)15)11(7)9-6-10(16)18(2)17-9/h3-6H,16H2,1-2H3. The minimum atomic E-state index is -4.41. The van der Waals surface area contributed by atoms with E-state index in [1.54, 1.807) is 20.0 Å². The molecule has 96 valence electrons. The summed E-state index contributed by atoms with van der Waals surface area (Å²) in [5.74, 6) is 0.321. The fraction of sp³-hybridized carbons (Fsp3) is 0.250. The highest BCUT2D eigenvalue weighted by Gasteiger charge is 2.34. The molecule has 0 unspecified atom stereocenters. The first-order valence-corrected chi connectivity index (χ1v) is 5.27. The summed E-state index contributed by atoms with van der Waals surface area (Å²) in [5.41, 5.74) is 5.75. The van der Waals surface area contributed by atoms with Crippen LogP contribution in [0.25, 0.3) is 11.3 Å². The van der Waals surface area contributed by atoms with Crippen molar-refractivity contribution < 1.29 is 13.2 Å². The fourth-order valence-electron chi connectivity index (χ4n) is 1.85. The van der Waals surface area contributed by atoms with Crippen LogP contribution in [0.15, 0.2) is 24.3 Å². The maximum atomic E-state index is 13.0. The van der Waals surface area contributed by atoms with Crippen molar-refractivity contribution in [1.29, 1.82) is 0 Å². The van der Waals surface area contributed by atoms with Crippen molar-refractivity contribution in [3.63, 3.8) is 0 Å². The molecule has 0 aliphatic carbocycles.